The van der Waals surface area contributed by atoms with Crippen molar-refractivity contribution in [2.75, 3.05) is 13.2 Å². The number of Topliss-reactive ketones (excluding diaryl/α,β-unsaturated/α-hetero) is 2. The fraction of sp³-hybridized carbons (Fsp3) is 0.333. The van der Waals surface area contributed by atoms with Crippen molar-refractivity contribution in [1.29, 1.82) is 0 Å². The average Bonchev–Trinajstić information content (AvgIpc) is 2.63. The highest BCUT2D eigenvalue weighted by atomic mass is 16.6. The van der Waals surface area contributed by atoms with Crippen LogP contribution in [0.3, 0.4) is 0 Å². The summed E-state index contributed by atoms with van der Waals surface area (Å²) in [7, 11) is 0. The average molecular weight is 330 g/mol. The first kappa shape index (κ1) is 16.1. The van der Waals surface area contributed by atoms with Crippen LogP contribution in [0.25, 0.3) is 0 Å². The molecule has 1 aromatic rings. The second-order valence-corrected chi connectivity index (χ2v) is 5.63. The van der Waals surface area contributed by atoms with E-state index >= 15 is 0 Å². The summed E-state index contributed by atoms with van der Waals surface area (Å²) in [6.07, 6.45) is 7.28. The van der Waals surface area contributed by atoms with E-state index in [9.17, 15) is 19.8 Å². The summed E-state index contributed by atoms with van der Waals surface area (Å²) in [6.45, 7) is 0.550. The number of hydrogen-bond acceptors (Lipinski definition) is 6. The van der Waals surface area contributed by atoms with Gasteiger partial charge in [0.2, 0.25) is 11.5 Å². The van der Waals surface area contributed by atoms with Crippen LogP contribution in [0, 0.1) is 0 Å². The van der Waals surface area contributed by atoms with Crippen molar-refractivity contribution in [2.45, 2.75) is 25.7 Å². The van der Waals surface area contributed by atoms with Crippen molar-refractivity contribution in [3.8, 4) is 23.0 Å². The predicted octanol–water partition coefficient (Wildman–Crippen LogP) is 2.68. The number of carbonyl (C=O) groups is 2. The molecule has 3 rings (SSSR count). The smallest absolute Gasteiger partial charge is 0.207 e. The lowest BCUT2D eigenvalue weighted by molar-refractivity contribution is -0.115. The molecule has 1 aromatic carbocycles. The molecule has 6 nitrogen and oxygen atoms in total. The van der Waals surface area contributed by atoms with Gasteiger partial charge < -0.3 is 19.7 Å². The summed E-state index contributed by atoms with van der Waals surface area (Å²) < 4.78 is 10.6. The Bertz CT molecular complexity index is 744. The van der Waals surface area contributed by atoms with Crippen LogP contribution in [-0.4, -0.2) is 35.0 Å². The first-order chi connectivity index (χ1) is 11.6. The Morgan fingerprint density at radius 2 is 1.75 bits per heavy atom. The van der Waals surface area contributed by atoms with Crippen molar-refractivity contribution >= 4 is 11.6 Å². The number of ketones is 2. The Morgan fingerprint density at radius 3 is 2.50 bits per heavy atom. The molecule has 1 aliphatic heterocycles. The number of aromatic hydroxyl groups is 2. The maximum absolute atomic E-state index is 12.3. The number of carbonyl (C=O) groups excluding carboxylic acids is 2. The van der Waals surface area contributed by atoms with Gasteiger partial charge in [-0.15, -0.1) is 0 Å². The molecule has 0 atom stereocenters. The second kappa shape index (κ2) is 6.78. The lowest BCUT2D eigenvalue weighted by atomic mass is 9.97. The second-order valence-electron chi connectivity index (χ2n) is 5.63. The van der Waals surface area contributed by atoms with Crippen LogP contribution in [0.2, 0.25) is 0 Å². The van der Waals surface area contributed by atoms with Crippen molar-refractivity contribution in [1.82, 2.24) is 0 Å². The lowest BCUT2D eigenvalue weighted by Gasteiger charge is -2.20. The Balaban J connectivity index is 1.73. The van der Waals surface area contributed by atoms with Gasteiger partial charge in [0, 0.05) is 18.4 Å². The standard InChI is InChI=1S/C18H18O6/c19-13(11-4-2-1-3-5-11)6-7-14(20)12-10-15-18(17(22)16(12)21)24-9-8-23-15/h2,4-5,10,21-22H,1,3,6-9H2. The number of allylic oxidation sites excluding steroid dienone is 4. The molecule has 0 amide bonds. The molecule has 6 heteroatoms. The number of ether oxygens (including phenoxy) is 2. The third-order valence-electron chi connectivity index (χ3n) is 3.98. The van der Waals surface area contributed by atoms with Gasteiger partial charge in [0.25, 0.3) is 0 Å². The zero-order chi connectivity index (χ0) is 17.1. The number of rotatable bonds is 5. The van der Waals surface area contributed by atoms with Gasteiger partial charge in [-0.3, -0.25) is 9.59 Å². The molecular formula is C18H18O6. The summed E-state index contributed by atoms with van der Waals surface area (Å²) in [5.41, 5.74) is 0.543. The molecule has 126 valence electrons. The zero-order valence-electron chi connectivity index (χ0n) is 13.1. The van der Waals surface area contributed by atoms with Gasteiger partial charge in [-0.05, 0) is 18.9 Å². The van der Waals surface area contributed by atoms with Crippen LogP contribution in [-0.2, 0) is 4.79 Å². The number of fused-ring (bicyclic) bond motifs is 1. The summed E-state index contributed by atoms with van der Waals surface area (Å²) in [4.78, 5) is 24.4. The maximum Gasteiger partial charge on any atom is 0.207 e. The quantitative estimate of drug-likeness (QED) is 0.637. The minimum atomic E-state index is -0.548. The van der Waals surface area contributed by atoms with E-state index in [1.165, 1.54) is 6.07 Å². The van der Waals surface area contributed by atoms with E-state index in [4.69, 9.17) is 9.47 Å². The minimum Gasteiger partial charge on any atom is -0.504 e. The number of phenols is 2. The Kier molecular flexibility index (Phi) is 4.55. The number of hydrogen-bond donors (Lipinski definition) is 2. The van der Waals surface area contributed by atoms with E-state index < -0.39 is 17.3 Å². The molecule has 0 spiro atoms. The van der Waals surface area contributed by atoms with Crippen LogP contribution in [0.15, 0.2) is 29.9 Å². The Labute approximate surface area is 139 Å². The summed E-state index contributed by atoms with van der Waals surface area (Å²) in [5, 5.41) is 20.0. The molecule has 0 saturated carbocycles. The van der Waals surface area contributed by atoms with Gasteiger partial charge in [-0.1, -0.05) is 18.2 Å². The van der Waals surface area contributed by atoms with Crippen molar-refractivity contribution in [2.24, 2.45) is 0 Å². The van der Waals surface area contributed by atoms with Crippen LogP contribution in [0.5, 0.6) is 23.0 Å². The van der Waals surface area contributed by atoms with Crippen molar-refractivity contribution < 1.29 is 29.3 Å². The first-order valence-corrected chi connectivity index (χ1v) is 7.85. The SMILES string of the molecule is O=C(CCC(=O)c1cc2c(c(O)c1O)OCCO2)C1=CCCC=C1. The summed E-state index contributed by atoms with van der Waals surface area (Å²) in [5.74, 6) is -1.37. The molecule has 2 aliphatic rings. The van der Waals surface area contributed by atoms with Crippen LogP contribution < -0.4 is 9.47 Å². The normalized spacial score (nSPS) is 15.8. The van der Waals surface area contributed by atoms with E-state index in [-0.39, 0.29) is 42.3 Å². The zero-order valence-corrected chi connectivity index (χ0v) is 13.1. The topological polar surface area (TPSA) is 93.1 Å². The molecule has 2 N–H and O–H groups in total. The van der Waals surface area contributed by atoms with E-state index in [0.717, 1.165) is 12.8 Å². The van der Waals surface area contributed by atoms with Gasteiger partial charge in [0.15, 0.2) is 23.1 Å². The van der Waals surface area contributed by atoms with E-state index in [2.05, 4.69) is 0 Å². The molecule has 0 saturated heterocycles. The molecule has 0 radical (unpaired) electrons. The van der Waals surface area contributed by atoms with Crippen molar-refractivity contribution in [3.05, 3.63) is 35.4 Å². The van der Waals surface area contributed by atoms with E-state index in [0.29, 0.717) is 12.2 Å². The fourth-order valence-corrected chi connectivity index (χ4v) is 2.70. The van der Waals surface area contributed by atoms with Crippen LogP contribution in [0.4, 0.5) is 0 Å². The van der Waals surface area contributed by atoms with Gasteiger partial charge in [-0.2, -0.15) is 0 Å². The highest BCUT2D eigenvalue weighted by Crippen LogP contribution is 2.46. The molecule has 24 heavy (non-hydrogen) atoms. The van der Waals surface area contributed by atoms with Gasteiger partial charge >= 0.3 is 0 Å². The Morgan fingerprint density at radius 1 is 1.00 bits per heavy atom. The third-order valence-corrected chi connectivity index (χ3v) is 3.98. The predicted molar refractivity (Wildman–Crippen MR) is 85.8 cm³/mol. The maximum atomic E-state index is 12.3. The van der Waals surface area contributed by atoms with Crippen molar-refractivity contribution in [3.63, 3.8) is 0 Å². The molecule has 0 fully saturated rings. The monoisotopic (exact) mass is 330 g/mol. The number of phenolic OH excluding ortho intramolecular Hbond substituents is 2. The fourth-order valence-electron chi connectivity index (χ4n) is 2.70. The minimum absolute atomic E-state index is 0.0314. The largest absolute Gasteiger partial charge is 0.504 e. The van der Waals surface area contributed by atoms with Gasteiger partial charge in [0.05, 0.1) is 5.56 Å². The van der Waals surface area contributed by atoms with E-state index in [1.807, 2.05) is 12.2 Å². The molecular weight excluding hydrogens is 312 g/mol. The first-order valence-electron chi connectivity index (χ1n) is 7.85. The van der Waals surface area contributed by atoms with Gasteiger partial charge in [0.1, 0.15) is 13.2 Å². The van der Waals surface area contributed by atoms with Crippen LogP contribution in [0.1, 0.15) is 36.0 Å². The highest BCUT2D eigenvalue weighted by Gasteiger charge is 2.25. The number of benzene rings is 1. The molecule has 1 heterocycles. The Hall–Kier alpha value is -2.76. The summed E-state index contributed by atoms with van der Waals surface area (Å²) >= 11 is 0. The summed E-state index contributed by atoms with van der Waals surface area (Å²) in [6, 6.07) is 1.34. The molecule has 0 bridgehead atoms. The molecule has 0 unspecified atom stereocenters. The molecule has 0 aromatic heterocycles. The van der Waals surface area contributed by atoms with Crippen LogP contribution >= 0.6 is 0 Å². The lowest BCUT2D eigenvalue weighted by Crippen LogP contribution is -2.16. The van der Waals surface area contributed by atoms with E-state index in [1.54, 1.807) is 6.08 Å². The highest BCUT2D eigenvalue weighted by molar-refractivity contribution is 6.05. The molecule has 1 aliphatic carbocycles. The van der Waals surface area contributed by atoms with Gasteiger partial charge in [-0.25, -0.2) is 0 Å². The third kappa shape index (κ3) is 3.13.